The van der Waals surface area contributed by atoms with Crippen molar-refractivity contribution < 1.29 is 14.4 Å². The highest BCUT2D eigenvalue weighted by molar-refractivity contribution is 9.10. The topological polar surface area (TPSA) is 88.5 Å². The molecular weight excluding hydrogens is 598 g/mol. The van der Waals surface area contributed by atoms with E-state index >= 15 is 0 Å². The molecule has 4 aromatic rings. The zero-order chi connectivity index (χ0) is 27.3. The van der Waals surface area contributed by atoms with E-state index in [0.29, 0.717) is 21.3 Å². The van der Waals surface area contributed by atoms with E-state index in [4.69, 9.17) is 0 Å². The lowest BCUT2D eigenvalue weighted by molar-refractivity contribution is -0.122. The second-order valence-electron chi connectivity index (χ2n) is 9.43. The number of halogens is 1. The maximum Gasteiger partial charge on any atom is 0.308 e. The summed E-state index contributed by atoms with van der Waals surface area (Å²) >= 11 is 5.71. The number of nitrogens with zero attached hydrogens (tertiary/aromatic N) is 2. The Kier molecular flexibility index (Phi) is 6.78. The van der Waals surface area contributed by atoms with Crippen molar-refractivity contribution in [2.45, 2.75) is 29.7 Å². The summed E-state index contributed by atoms with van der Waals surface area (Å²) in [5.41, 5.74) is 2.95. The first-order valence-corrected chi connectivity index (χ1v) is 14.8. The number of para-hydroxylation sites is 2. The lowest BCUT2D eigenvalue weighted by Crippen LogP contribution is -2.33. The van der Waals surface area contributed by atoms with E-state index in [-0.39, 0.29) is 29.1 Å². The van der Waals surface area contributed by atoms with Gasteiger partial charge in [0, 0.05) is 21.0 Å². The monoisotopic (exact) mass is 619 g/mol. The smallest absolute Gasteiger partial charge is 0.308 e. The number of rotatable bonds is 5. The van der Waals surface area contributed by atoms with Gasteiger partial charge in [-0.2, -0.15) is 0 Å². The molecule has 0 radical (unpaired) electrons. The molecule has 0 saturated carbocycles. The molecule has 39 heavy (non-hydrogen) atoms. The van der Waals surface area contributed by atoms with Gasteiger partial charge in [0.05, 0.1) is 16.6 Å². The normalized spacial score (nSPS) is 20.1. The van der Waals surface area contributed by atoms with Gasteiger partial charge in [-0.05, 0) is 48.4 Å². The molecular formula is C29H22BrN3O4S2. The number of aromatic nitrogens is 1. The molecule has 0 spiro atoms. The first-order valence-electron chi connectivity index (χ1n) is 12.3. The Morgan fingerprint density at radius 3 is 2.33 bits per heavy atom. The van der Waals surface area contributed by atoms with E-state index < -0.39 is 17.1 Å². The number of aryl methyl sites for hydroxylation is 1. The van der Waals surface area contributed by atoms with Gasteiger partial charge < -0.3 is 5.32 Å². The summed E-state index contributed by atoms with van der Waals surface area (Å²) in [6, 6.07) is 23.9. The van der Waals surface area contributed by atoms with E-state index in [1.54, 1.807) is 24.3 Å². The first kappa shape index (κ1) is 25.8. The second-order valence-corrected chi connectivity index (χ2v) is 12.5. The van der Waals surface area contributed by atoms with Gasteiger partial charge in [-0.25, -0.2) is 4.90 Å². The minimum absolute atomic E-state index is 0.193. The van der Waals surface area contributed by atoms with Gasteiger partial charge in [-0.15, -0.1) is 0 Å². The minimum atomic E-state index is -0.724. The van der Waals surface area contributed by atoms with Crippen LogP contribution in [-0.2, 0) is 20.9 Å². The van der Waals surface area contributed by atoms with Crippen molar-refractivity contribution in [1.29, 1.82) is 0 Å². The van der Waals surface area contributed by atoms with Crippen LogP contribution in [0.4, 0.5) is 11.4 Å². The molecule has 6 rings (SSSR count). The molecule has 196 valence electrons. The van der Waals surface area contributed by atoms with Gasteiger partial charge in [-0.3, -0.25) is 23.7 Å². The van der Waals surface area contributed by atoms with Gasteiger partial charge >= 0.3 is 4.87 Å². The number of nitrogens with one attached hydrogen (secondary N) is 1. The van der Waals surface area contributed by atoms with Crippen LogP contribution in [0, 0.1) is 12.8 Å². The fourth-order valence-electron chi connectivity index (χ4n) is 5.16. The molecule has 3 atom stereocenters. The molecule has 7 nitrogen and oxygen atoms in total. The number of hydrogen-bond acceptors (Lipinski definition) is 6. The molecule has 1 aromatic heterocycles. The van der Waals surface area contributed by atoms with E-state index in [0.717, 1.165) is 26.9 Å². The highest BCUT2D eigenvalue weighted by Gasteiger charge is 2.56. The predicted octanol–water partition coefficient (Wildman–Crippen LogP) is 5.42. The number of anilines is 2. The lowest BCUT2D eigenvalue weighted by Gasteiger charge is -2.30. The molecule has 3 aromatic carbocycles. The predicted molar refractivity (Wildman–Crippen MR) is 156 cm³/mol. The van der Waals surface area contributed by atoms with Crippen LogP contribution in [0.25, 0.3) is 0 Å². The Balaban J connectivity index is 1.42. The van der Waals surface area contributed by atoms with Gasteiger partial charge in [0.1, 0.15) is 11.8 Å². The van der Waals surface area contributed by atoms with Crippen molar-refractivity contribution in [2.24, 2.45) is 5.92 Å². The molecule has 10 heteroatoms. The van der Waals surface area contributed by atoms with Crippen LogP contribution in [0.15, 0.2) is 93.2 Å². The van der Waals surface area contributed by atoms with Crippen LogP contribution < -0.4 is 15.1 Å². The highest BCUT2D eigenvalue weighted by Crippen LogP contribution is 2.53. The number of imide groups is 1. The quantitative estimate of drug-likeness (QED) is 0.302. The Bertz CT molecular complexity index is 1670. The van der Waals surface area contributed by atoms with Crippen molar-refractivity contribution in [3.05, 3.63) is 109 Å². The summed E-state index contributed by atoms with van der Waals surface area (Å²) in [5, 5.41) is 2.73. The third kappa shape index (κ3) is 4.56. The first-order chi connectivity index (χ1) is 18.8. The summed E-state index contributed by atoms with van der Waals surface area (Å²) < 4.78 is 2.31. The number of thioether (sulfide) groups is 1. The standard InChI is InChI=1S/C29H22BrN3O4S2/c1-16-7-5-6-10-20(16)31-21(34)15-32-28-25(39-29(32)37)22(17-11-13-18(30)14-12-17)23-24(38-28)27(36)33(26(23)35)19-8-3-2-4-9-19/h2-14,22-24H,15H2,1H3,(H,31,34)/t22-,23?,24?/m1/s1. The fraction of sp³-hybridized carbons (Fsp3) is 0.172. The number of thiazole rings is 1. The Labute approximate surface area is 241 Å². The Morgan fingerprint density at radius 1 is 0.923 bits per heavy atom. The molecule has 2 aliphatic rings. The molecule has 2 aliphatic heterocycles. The number of carbonyl (C=O) groups is 3. The number of benzene rings is 3. The number of carbonyl (C=O) groups excluding carboxylic acids is 3. The molecule has 0 bridgehead atoms. The Hall–Kier alpha value is -3.47. The molecule has 1 saturated heterocycles. The average Bonchev–Trinajstić information content (AvgIpc) is 3.37. The molecule has 3 amide bonds. The number of fused-ring (bicyclic) bond motifs is 2. The minimum Gasteiger partial charge on any atom is -0.324 e. The molecule has 1 N–H and O–H groups in total. The van der Waals surface area contributed by atoms with Gasteiger partial charge in [0.2, 0.25) is 17.7 Å². The van der Waals surface area contributed by atoms with E-state index in [1.807, 2.05) is 61.5 Å². The second kappa shape index (κ2) is 10.3. The van der Waals surface area contributed by atoms with E-state index in [2.05, 4.69) is 21.2 Å². The number of hydrogen-bond donors (Lipinski definition) is 1. The van der Waals surface area contributed by atoms with Crippen LogP contribution in [0.5, 0.6) is 0 Å². The summed E-state index contributed by atoms with van der Waals surface area (Å²) in [5.74, 6) is -2.11. The van der Waals surface area contributed by atoms with Crippen molar-refractivity contribution in [3.8, 4) is 0 Å². The third-order valence-corrected chi connectivity index (χ3v) is 10.1. The summed E-state index contributed by atoms with van der Waals surface area (Å²) in [6.07, 6.45) is 0. The van der Waals surface area contributed by atoms with Crippen LogP contribution in [0.2, 0.25) is 0 Å². The molecule has 3 heterocycles. The van der Waals surface area contributed by atoms with Crippen LogP contribution in [0.1, 0.15) is 21.9 Å². The van der Waals surface area contributed by atoms with Crippen LogP contribution in [0.3, 0.4) is 0 Å². The molecule has 2 unspecified atom stereocenters. The average molecular weight is 621 g/mol. The summed E-state index contributed by atoms with van der Waals surface area (Å²) in [6.45, 7) is 1.70. The molecule has 1 fully saturated rings. The van der Waals surface area contributed by atoms with Crippen molar-refractivity contribution in [3.63, 3.8) is 0 Å². The SMILES string of the molecule is Cc1ccccc1NC(=O)Cn1c2c(sc1=O)[C@H](c1ccc(Br)cc1)C1C(=O)N(c3ccccc3)C(=O)C1S2. The van der Waals surface area contributed by atoms with E-state index in [1.165, 1.54) is 21.2 Å². The summed E-state index contributed by atoms with van der Waals surface area (Å²) in [4.78, 5) is 55.5. The Morgan fingerprint density at radius 2 is 1.62 bits per heavy atom. The van der Waals surface area contributed by atoms with Crippen molar-refractivity contribution >= 4 is 68.1 Å². The fourth-order valence-corrected chi connectivity index (χ4v) is 8.20. The zero-order valence-corrected chi connectivity index (χ0v) is 23.9. The highest BCUT2D eigenvalue weighted by atomic mass is 79.9. The van der Waals surface area contributed by atoms with Crippen molar-refractivity contribution in [2.75, 3.05) is 10.2 Å². The van der Waals surface area contributed by atoms with Crippen molar-refractivity contribution in [1.82, 2.24) is 4.57 Å². The maximum absolute atomic E-state index is 13.9. The van der Waals surface area contributed by atoms with E-state index in [9.17, 15) is 19.2 Å². The van der Waals surface area contributed by atoms with Gasteiger partial charge in [-0.1, -0.05) is 87.6 Å². The summed E-state index contributed by atoms with van der Waals surface area (Å²) in [7, 11) is 0. The lowest BCUT2D eigenvalue weighted by atomic mass is 9.83. The van der Waals surface area contributed by atoms with Crippen LogP contribution >= 0.6 is 39.0 Å². The van der Waals surface area contributed by atoms with Gasteiger partial charge in [0.15, 0.2) is 0 Å². The largest absolute Gasteiger partial charge is 0.324 e. The van der Waals surface area contributed by atoms with Gasteiger partial charge in [0.25, 0.3) is 0 Å². The maximum atomic E-state index is 13.9. The zero-order valence-electron chi connectivity index (χ0n) is 20.7. The van der Waals surface area contributed by atoms with Crippen LogP contribution in [-0.4, -0.2) is 27.5 Å². The number of amides is 3. The molecule has 0 aliphatic carbocycles. The third-order valence-electron chi connectivity index (χ3n) is 7.01.